The van der Waals surface area contributed by atoms with Crippen molar-refractivity contribution in [2.45, 2.75) is 32.7 Å². The molecule has 1 aromatic rings. The molecule has 0 unspecified atom stereocenters. The van der Waals surface area contributed by atoms with Crippen molar-refractivity contribution in [3.05, 3.63) is 35.4 Å². The Morgan fingerprint density at radius 3 is 2.00 bits per heavy atom. The maximum Gasteiger partial charge on any atom is 0.0929 e. The molecule has 0 saturated carbocycles. The van der Waals surface area contributed by atoms with E-state index in [1.54, 1.807) is 0 Å². The number of rotatable bonds is 2. The van der Waals surface area contributed by atoms with E-state index in [1.165, 1.54) is 11.1 Å². The maximum absolute atomic E-state index is 4.09. The van der Waals surface area contributed by atoms with Crippen LogP contribution in [0.4, 0.5) is 0 Å². The quantitative estimate of drug-likeness (QED) is 0.605. The molecule has 1 aromatic carbocycles. The highest BCUT2D eigenvalue weighted by Gasteiger charge is 2.14. The van der Waals surface area contributed by atoms with E-state index in [2.05, 4.69) is 50.8 Å². The number of benzene rings is 1. The monoisotopic (exact) mass is 199 g/mol. The summed E-state index contributed by atoms with van der Waals surface area (Å²) in [7, 11) is 0. The topological polar surface area (TPSA) is 27.6 Å². The fraction of sp³-hybridized carbons (Fsp3) is 0.455. The molecule has 74 valence electrons. The zero-order chi connectivity index (χ0) is 9.19. The molecule has 13 heavy (non-hydrogen) atoms. The first-order valence-electron chi connectivity index (χ1n) is 4.38. The number of halogens is 1. The van der Waals surface area contributed by atoms with Crippen molar-refractivity contribution >= 4 is 0 Å². The largest absolute Gasteiger partial charge is 1.00 e. The maximum atomic E-state index is 4.09. The van der Waals surface area contributed by atoms with E-state index < -0.39 is 0 Å². The van der Waals surface area contributed by atoms with Gasteiger partial charge in [-0.05, 0) is 26.3 Å². The average Bonchev–Trinajstić information content (AvgIpc) is 1.91. The summed E-state index contributed by atoms with van der Waals surface area (Å²) in [6.45, 7) is 6.43. The smallest absolute Gasteiger partial charge is 0.0929 e. The van der Waals surface area contributed by atoms with Crippen LogP contribution in [0.25, 0.3) is 0 Å². The summed E-state index contributed by atoms with van der Waals surface area (Å²) in [5, 5.41) is 0. The molecule has 2 heteroatoms. The first kappa shape index (κ1) is 12.5. The van der Waals surface area contributed by atoms with Gasteiger partial charge in [-0.2, -0.15) is 0 Å². The Labute approximate surface area is 86.7 Å². The summed E-state index contributed by atoms with van der Waals surface area (Å²) < 4.78 is 0. The van der Waals surface area contributed by atoms with Crippen LogP contribution in [-0.2, 0) is 6.42 Å². The third-order valence-electron chi connectivity index (χ3n) is 1.80. The minimum absolute atomic E-state index is 0. The molecule has 0 bridgehead atoms. The summed E-state index contributed by atoms with van der Waals surface area (Å²) >= 11 is 0. The van der Waals surface area contributed by atoms with Gasteiger partial charge in [0.25, 0.3) is 0 Å². The van der Waals surface area contributed by atoms with Gasteiger partial charge in [0, 0.05) is 6.42 Å². The highest BCUT2D eigenvalue weighted by molar-refractivity contribution is 5.22. The van der Waals surface area contributed by atoms with E-state index in [1.807, 2.05) is 0 Å². The fourth-order valence-electron chi connectivity index (χ4n) is 1.26. The van der Waals surface area contributed by atoms with E-state index in [4.69, 9.17) is 0 Å². The summed E-state index contributed by atoms with van der Waals surface area (Å²) in [6.07, 6.45) is 1.05. The Bertz CT molecular complexity index is 246. The highest BCUT2D eigenvalue weighted by Crippen LogP contribution is 2.09. The van der Waals surface area contributed by atoms with Crippen molar-refractivity contribution in [1.29, 1.82) is 0 Å². The molecule has 0 heterocycles. The van der Waals surface area contributed by atoms with Gasteiger partial charge in [-0.1, -0.05) is 29.8 Å². The molecule has 0 saturated heterocycles. The second kappa shape index (κ2) is 4.64. The van der Waals surface area contributed by atoms with Crippen LogP contribution >= 0.6 is 0 Å². The van der Waals surface area contributed by atoms with Crippen LogP contribution in [0.3, 0.4) is 0 Å². The molecule has 1 rings (SSSR count). The van der Waals surface area contributed by atoms with Gasteiger partial charge in [0.15, 0.2) is 0 Å². The van der Waals surface area contributed by atoms with Crippen LogP contribution in [-0.4, -0.2) is 5.54 Å². The third kappa shape index (κ3) is 4.91. The first-order valence-corrected chi connectivity index (χ1v) is 4.38. The molecule has 0 radical (unpaired) electrons. The number of quaternary nitrogens is 1. The van der Waals surface area contributed by atoms with Gasteiger partial charge < -0.3 is 18.1 Å². The van der Waals surface area contributed by atoms with Crippen LogP contribution in [0.5, 0.6) is 0 Å². The van der Waals surface area contributed by atoms with Gasteiger partial charge in [-0.15, -0.1) is 0 Å². The summed E-state index contributed by atoms with van der Waals surface area (Å²) in [4.78, 5) is 0. The highest BCUT2D eigenvalue weighted by atomic mass is 35.5. The molecule has 0 amide bonds. The number of aryl methyl sites for hydroxylation is 1. The summed E-state index contributed by atoms with van der Waals surface area (Å²) in [6, 6.07) is 8.67. The lowest BCUT2D eigenvalue weighted by Gasteiger charge is -2.14. The van der Waals surface area contributed by atoms with Gasteiger partial charge >= 0.3 is 0 Å². The van der Waals surface area contributed by atoms with Crippen LogP contribution in [0.15, 0.2) is 24.3 Å². The number of hydrogen-bond donors (Lipinski definition) is 1. The summed E-state index contributed by atoms with van der Waals surface area (Å²) in [5.74, 6) is 0. The fourth-order valence-corrected chi connectivity index (χ4v) is 1.26. The van der Waals surface area contributed by atoms with Crippen molar-refractivity contribution in [2.24, 2.45) is 0 Å². The molecule has 0 aliphatic rings. The van der Waals surface area contributed by atoms with Crippen molar-refractivity contribution in [3.8, 4) is 0 Å². The standard InChI is InChI=1S/C11H17N.ClH/c1-9-4-6-10(7-5-9)8-11(2,3)12;/h4-7H,8,12H2,1-3H3;1H. The van der Waals surface area contributed by atoms with Gasteiger partial charge in [-0.25, -0.2) is 0 Å². The van der Waals surface area contributed by atoms with Crippen LogP contribution in [0.2, 0.25) is 0 Å². The van der Waals surface area contributed by atoms with Crippen molar-refractivity contribution in [1.82, 2.24) is 0 Å². The Balaban J connectivity index is 0.00000144. The lowest BCUT2D eigenvalue weighted by atomic mass is 9.96. The van der Waals surface area contributed by atoms with Crippen molar-refractivity contribution in [3.63, 3.8) is 0 Å². The van der Waals surface area contributed by atoms with Gasteiger partial charge in [0.2, 0.25) is 0 Å². The van der Waals surface area contributed by atoms with Crippen LogP contribution in [0.1, 0.15) is 25.0 Å². The van der Waals surface area contributed by atoms with E-state index in [0.29, 0.717) is 0 Å². The van der Waals surface area contributed by atoms with Crippen molar-refractivity contribution < 1.29 is 18.1 Å². The second-order valence-electron chi connectivity index (χ2n) is 4.33. The van der Waals surface area contributed by atoms with E-state index in [0.717, 1.165) is 6.42 Å². The predicted octanol–water partition coefficient (Wildman–Crippen LogP) is -1.44. The zero-order valence-electron chi connectivity index (χ0n) is 8.60. The molecule has 0 aliphatic heterocycles. The third-order valence-corrected chi connectivity index (χ3v) is 1.80. The lowest BCUT2D eigenvalue weighted by molar-refractivity contribution is -0.465. The first-order chi connectivity index (χ1) is 5.47. The number of hydrogen-bond acceptors (Lipinski definition) is 0. The Kier molecular flexibility index (Phi) is 4.45. The minimum Gasteiger partial charge on any atom is -1.00 e. The van der Waals surface area contributed by atoms with Gasteiger partial charge in [0.1, 0.15) is 0 Å². The molecule has 0 fully saturated rings. The summed E-state index contributed by atoms with van der Waals surface area (Å²) in [5.41, 5.74) is 6.93. The molecule has 0 spiro atoms. The molecule has 0 atom stereocenters. The minimum atomic E-state index is 0. The van der Waals surface area contributed by atoms with Crippen LogP contribution < -0.4 is 18.1 Å². The van der Waals surface area contributed by atoms with Gasteiger partial charge in [-0.3, -0.25) is 0 Å². The molecular formula is C11H18ClN. The van der Waals surface area contributed by atoms with E-state index >= 15 is 0 Å². The molecule has 0 aromatic heterocycles. The molecule has 1 nitrogen and oxygen atoms in total. The van der Waals surface area contributed by atoms with Gasteiger partial charge in [0.05, 0.1) is 5.54 Å². The van der Waals surface area contributed by atoms with Crippen molar-refractivity contribution in [2.75, 3.05) is 0 Å². The SMILES string of the molecule is Cc1ccc(CC(C)(C)[NH3+])cc1.[Cl-]. The Hall–Kier alpha value is -0.530. The predicted molar refractivity (Wildman–Crippen MR) is 51.9 cm³/mol. The van der Waals surface area contributed by atoms with Crippen LogP contribution in [0, 0.1) is 6.92 Å². The average molecular weight is 200 g/mol. The normalized spacial score (nSPS) is 10.8. The molecule has 3 N–H and O–H groups in total. The Morgan fingerprint density at radius 2 is 1.62 bits per heavy atom. The van der Waals surface area contributed by atoms with E-state index in [9.17, 15) is 0 Å². The molecular weight excluding hydrogens is 182 g/mol. The van der Waals surface area contributed by atoms with E-state index in [-0.39, 0.29) is 17.9 Å². The Morgan fingerprint density at radius 1 is 1.15 bits per heavy atom. The lowest BCUT2D eigenvalue weighted by Crippen LogP contribution is -3.00. The second-order valence-corrected chi connectivity index (χ2v) is 4.33. The molecule has 0 aliphatic carbocycles. The zero-order valence-corrected chi connectivity index (χ0v) is 9.36.